The fourth-order valence-electron chi connectivity index (χ4n) is 2.40. The number of carbonyl (C=O) groups is 1. The number of nitrogens with two attached hydrogens (primary N) is 1. The summed E-state index contributed by atoms with van der Waals surface area (Å²) in [6.07, 6.45) is 1.03. The van der Waals surface area contributed by atoms with E-state index in [1.54, 1.807) is 12.1 Å². The molecule has 0 spiro atoms. The van der Waals surface area contributed by atoms with Gasteiger partial charge in [0, 0.05) is 6.54 Å². The zero-order valence-corrected chi connectivity index (χ0v) is 17.7. The van der Waals surface area contributed by atoms with Gasteiger partial charge < -0.3 is 20.8 Å². The molecule has 1 aromatic carbocycles. The van der Waals surface area contributed by atoms with Gasteiger partial charge in [0.1, 0.15) is 12.3 Å². The summed E-state index contributed by atoms with van der Waals surface area (Å²) in [4.78, 5) is 15.6. The van der Waals surface area contributed by atoms with Gasteiger partial charge in [-0.25, -0.2) is 4.99 Å². The number of furan rings is 1. The van der Waals surface area contributed by atoms with Gasteiger partial charge in [0.25, 0.3) is 5.91 Å². The van der Waals surface area contributed by atoms with Gasteiger partial charge in [-0.1, -0.05) is 31.2 Å². The van der Waals surface area contributed by atoms with Crippen molar-refractivity contribution in [1.82, 2.24) is 10.6 Å². The smallest absolute Gasteiger partial charge is 0.284 e. The molecule has 142 valence electrons. The van der Waals surface area contributed by atoms with Crippen molar-refractivity contribution in [2.75, 3.05) is 6.54 Å². The fourth-order valence-corrected chi connectivity index (χ4v) is 2.40. The van der Waals surface area contributed by atoms with Crippen LogP contribution < -0.4 is 16.4 Å². The van der Waals surface area contributed by atoms with Crippen LogP contribution in [0.1, 0.15) is 54.3 Å². The number of aryl methyl sites for hydroxylation is 1. The Hall–Kier alpha value is -2.03. The van der Waals surface area contributed by atoms with E-state index in [-0.39, 0.29) is 35.8 Å². The molecule has 0 aliphatic rings. The third-order valence-electron chi connectivity index (χ3n) is 3.88. The number of amides is 1. The van der Waals surface area contributed by atoms with E-state index >= 15 is 0 Å². The molecule has 2 aromatic rings. The molecule has 0 radical (unpaired) electrons. The average molecular weight is 470 g/mol. The Morgan fingerprint density at radius 3 is 2.42 bits per heavy atom. The second-order valence-electron chi connectivity index (χ2n) is 5.79. The van der Waals surface area contributed by atoms with Crippen molar-refractivity contribution in [3.8, 4) is 0 Å². The predicted octanol–water partition coefficient (Wildman–Crippen LogP) is 3.38. The summed E-state index contributed by atoms with van der Waals surface area (Å²) in [5.74, 6) is 0.842. The van der Waals surface area contributed by atoms with Crippen molar-refractivity contribution in [3.63, 3.8) is 0 Å². The summed E-state index contributed by atoms with van der Waals surface area (Å²) < 4.78 is 5.35. The average Bonchev–Trinajstić information content (AvgIpc) is 3.09. The van der Waals surface area contributed by atoms with Crippen LogP contribution in [0.3, 0.4) is 0 Å². The van der Waals surface area contributed by atoms with Crippen LogP contribution >= 0.6 is 24.0 Å². The lowest BCUT2D eigenvalue weighted by atomic mass is 10.1. The molecule has 4 N–H and O–H groups in total. The second-order valence-corrected chi connectivity index (χ2v) is 5.79. The van der Waals surface area contributed by atoms with E-state index in [1.807, 2.05) is 6.92 Å². The summed E-state index contributed by atoms with van der Waals surface area (Å²) in [5, 5.41) is 6.59. The number of hydrogen-bond acceptors (Lipinski definition) is 3. The third kappa shape index (κ3) is 6.36. The highest BCUT2D eigenvalue weighted by Gasteiger charge is 2.09. The van der Waals surface area contributed by atoms with Crippen LogP contribution in [0.4, 0.5) is 0 Å². The molecule has 0 fully saturated rings. The van der Waals surface area contributed by atoms with Crippen LogP contribution in [0.15, 0.2) is 45.8 Å². The quantitative estimate of drug-likeness (QED) is 0.329. The Labute approximate surface area is 171 Å². The van der Waals surface area contributed by atoms with Gasteiger partial charge in [0.15, 0.2) is 11.7 Å². The van der Waals surface area contributed by atoms with Gasteiger partial charge in [-0.15, -0.1) is 24.0 Å². The number of guanidine groups is 1. The van der Waals surface area contributed by atoms with Crippen molar-refractivity contribution in [3.05, 3.63) is 59.0 Å². The van der Waals surface area contributed by atoms with Gasteiger partial charge in [-0.2, -0.15) is 0 Å². The maximum atomic E-state index is 11.1. The van der Waals surface area contributed by atoms with E-state index in [0.29, 0.717) is 18.3 Å². The molecule has 1 atom stereocenters. The van der Waals surface area contributed by atoms with E-state index in [4.69, 9.17) is 10.2 Å². The number of hydrogen-bond donors (Lipinski definition) is 3. The lowest BCUT2D eigenvalue weighted by Gasteiger charge is -2.18. The van der Waals surface area contributed by atoms with E-state index < -0.39 is 5.91 Å². The standard InChI is InChI=1S/C19H26N4O2.HI/c1-4-14-6-8-15(9-7-14)13(3)23-19(21-5-2)22-12-16-10-11-17(25-16)18(20)24;/h6-11,13H,4-5,12H2,1-3H3,(H2,20,24)(H2,21,22,23);1H. The first-order valence-electron chi connectivity index (χ1n) is 8.55. The molecular formula is C19H27IN4O2. The second kappa shape index (κ2) is 10.8. The highest BCUT2D eigenvalue weighted by molar-refractivity contribution is 14.0. The van der Waals surface area contributed by atoms with Crippen molar-refractivity contribution in [2.24, 2.45) is 10.7 Å². The predicted molar refractivity (Wildman–Crippen MR) is 115 cm³/mol. The Bertz CT molecular complexity index is 725. The topological polar surface area (TPSA) is 92.6 Å². The van der Waals surface area contributed by atoms with Crippen LogP contribution in [0.25, 0.3) is 0 Å². The van der Waals surface area contributed by atoms with E-state index in [1.165, 1.54) is 11.1 Å². The van der Waals surface area contributed by atoms with Gasteiger partial charge in [0.05, 0.1) is 6.04 Å². The molecule has 0 aliphatic heterocycles. The first kappa shape index (κ1) is 22.0. The number of halogens is 1. The van der Waals surface area contributed by atoms with Crippen LogP contribution in [0.2, 0.25) is 0 Å². The van der Waals surface area contributed by atoms with Crippen molar-refractivity contribution in [2.45, 2.75) is 39.8 Å². The maximum Gasteiger partial charge on any atom is 0.284 e. The molecule has 0 saturated heterocycles. The zero-order valence-electron chi connectivity index (χ0n) is 15.4. The van der Waals surface area contributed by atoms with Crippen LogP contribution in [-0.4, -0.2) is 18.4 Å². The maximum absolute atomic E-state index is 11.1. The van der Waals surface area contributed by atoms with E-state index in [0.717, 1.165) is 13.0 Å². The van der Waals surface area contributed by atoms with Gasteiger partial charge in [-0.3, -0.25) is 4.79 Å². The molecule has 0 saturated carbocycles. The van der Waals surface area contributed by atoms with Crippen LogP contribution in [0.5, 0.6) is 0 Å². The number of nitrogens with one attached hydrogen (secondary N) is 2. The van der Waals surface area contributed by atoms with Crippen LogP contribution in [0, 0.1) is 0 Å². The highest BCUT2D eigenvalue weighted by atomic mass is 127. The van der Waals surface area contributed by atoms with Crippen molar-refractivity contribution >= 4 is 35.8 Å². The lowest BCUT2D eigenvalue weighted by molar-refractivity contribution is 0.0972. The molecule has 2 rings (SSSR count). The summed E-state index contributed by atoms with van der Waals surface area (Å²) in [5.41, 5.74) is 7.70. The van der Waals surface area contributed by atoms with Crippen LogP contribution in [-0.2, 0) is 13.0 Å². The normalized spacial score (nSPS) is 12.2. The number of aliphatic imine (C=N–C) groups is 1. The largest absolute Gasteiger partial charge is 0.454 e. The minimum absolute atomic E-state index is 0. The molecule has 1 aromatic heterocycles. The Kier molecular flexibility index (Phi) is 9.18. The summed E-state index contributed by atoms with van der Waals surface area (Å²) in [6.45, 7) is 7.31. The molecule has 1 amide bonds. The summed E-state index contributed by atoms with van der Waals surface area (Å²) in [7, 11) is 0. The molecule has 0 bridgehead atoms. The molecule has 0 aliphatic carbocycles. The molecule has 6 nitrogen and oxygen atoms in total. The molecule has 26 heavy (non-hydrogen) atoms. The van der Waals surface area contributed by atoms with Gasteiger partial charge in [0.2, 0.25) is 0 Å². The van der Waals surface area contributed by atoms with Crippen molar-refractivity contribution in [1.29, 1.82) is 0 Å². The number of benzene rings is 1. The molecule has 7 heteroatoms. The van der Waals surface area contributed by atoms with Gasteiger partial charge in [-0.05, 0) is 43.5 Å². The number of carbonyl (C=O) groups excluding carboxylic acids is 1. The summed E-state index contributed by atoms with van der Waals surface area (Å²) >= 11 is 0. The fraction of sp³-hybridized carbons (Fsp3) is 0.368. The summed E-state index contributed by atoms with van der Waals surface area (Å²) in [6, 6.07) is 11.9. The van der Waals surface area contributed by atoms with E-state index in [2.05, 4.69) is 53.7 Å². The minimum Gasteiger partial charge on any atom is -0.454 e. The molecular weight excluding hydrogens is 443 g/mol. The Balaban J connectivity index is 0.00000338. The Morgan fingerprint density at radius 1 is 1.19 bits per heavy atom. The minimum atomic E-state index is -0.579. The number of rotatable bonds is 7. The monoisotopic (exact) mass is 470 g/mol. The Morgan fingerprint density at radius 2 is 1.88 bits per heavy atom. The number of nitrogens with zero attached hydrogens (tertiary/aromatic N) is 1. The first-order valence-corrected chi connectivity index (χ1v) is 8.55. The van der Waals surface area contributed by atoms with Crippen molar-refractivity contribution < 1.29 is 9.21 Å². The van der Waals surface area contributed by atoms with E-state index in [9.17, 15) is 4.79 Å². The lowest BCUT2D eigenvalue weighted by Crippen LogP contribution is -2.38. The first-order chi connectivity index (χ1) is 12.0. The SMILES string of the molecule is CCNC(=NCc1ccc(C(N)=O)o1)NC(C)c1ccc(CC)cc1.I. The molecule has 1 unspecified atom stereocenters. The highest BCUT2D eigenvalue weighted by Crippen LogP contribution is 2.14. The zero-order chi connectivity index (χ0) is 18.2. The van der Waals surface area contributed by atoms with Gasteiger partial charge >= 0.3 is 0 Å². The molecule has 1 heterocycles. The third-order valence-corrected chi connectivity index (χ3v) is 3.88. The number of primary amides is 1.